The minimum Gasteiger partial charge on any atom is -0.462 e. The lowest BCUT2D eigenvalue weighted by atomic mass is 10.0. The second kappa shape index (κ2) is 13.5. The van der Waals surface area contributed by atoms with Gasteiger partial charge < -0.3 is 29.2 Å². The molecule has 3 heterocycles. The van der Waals surface area contributed by atoms with Gasteiger partial charge in [0.25, 0.3) is 0 Å². The highest BCUT2D eigenvalue weighted by molar-refractivity contribution is 7.52. The number of hydrogen-bond acceptors (Lipinski definition) is 9. The van der Waals surface area contributed by atoms with Crippen molar-refractivity contribution in [1.29, 1.82) is 0 Å². The molecule has 0 spiro atoms. The number of para-hydroxylation sites is 1. The molecule has 0 saturated carbocycles. The molecule has 4 rings (SSSR count). The van der Waals surface area contributed by atoms with E-state index in [1.807, 2.05) is 24.4 Å². The Balaban J connectivity index is 0.000000771. The van der Waals surface area contributed by atoms with E-state index in [4.69, 9.17) is 28.7 Å². The summed E-state index contributed by atoms with van der Waals surface area (Å²) in [5, 5.41) is 19.9. The van der Waals surface area contributed by atoms with E-state index in [1.54, 1.807) is 51.2 Å². The molecule has 0 radical (unpaired) electrons. The zero-order chi connectivity index (χ0) is 28.6. The monoisotopic (exact) mass is 563 g/mol. The van der Waals surface area contributed by atoms with Gasteiger partial charge in [-0.05, 0) is 77.3 Å². The third-order valence-electron chi connectivity index (χ3n) is 5.40. The first-order valence-corrected chi connectivity index (χ1v) is 14.4. The number of carbonyl (C=O) groups is 1. The maximum Gasteiger partial charge on any atom is 0.459 e. The van der Waals surface area contributed by atoms with E-state index in [0.717, 1.165) is 29.4 Å². The van der Waals surface area contributed by atoms with E-state index in [-0.39, 0.29) is 24.9 Å². The van der Waals surface area contributed by atoms with Crippen LogP contribution in [0.1, 0.15) is 59.1 Å². The van der Waals surface area contributed by atoms with Gasteiger partial charge in [-0.25, -0.2) is 9.55 Å². The molecule has 214 valence electrons. The molecule has 4 atom stereocenters. The van der Waals surface area contributed by atoms with Crippen LogP contribution in [-0.2, 0) is 23.4 Å². The molecule has 2 unspecified atom stereocenters. The van der Waals surface area contributed by atoms with Crippen molar-refractivity contribution in [1.82, 2.24) is 15.1 Å². The summed E-state index contributed by atoms with van der Waals surface area (Å²) in [6.45, 7) is 7.70. The molecular weight excluding hydrogens is 525 g/mol. The molecule has 1 fully saturated rings. The lowest BCUT2D eigenvalue weighted by Gasteiger charge is -2.24. The summed E-state index contributed by atoms with van der Waals surface area (Å²) in [6.07, 6.45) is 4.45. The number of H-pyrrole nitrogens is 1. The van der Waals surface area contributed by atoms with Crippen LogP contribution in [-0.4, -0.2) is 56.8 Å². The molecule has 0 amide bonds. The van der Waals surface area contributed by atoms with E-state index in [1.165, 1.54) is 13.8 Å². The van der Waals surface area contributed by atoms with Crippen LogP contribution in [0.5, 0.6) is 5.75 Å². The van der Waals surface area contributed by atoms with Crippen molar-refractivity contribution < 1.29 is 38.1 Å². The van der Waals surface area contributed by atoms with Crippen molar-refractivity contribution in [2.75, 3.05) is 6.61 Å². The summed E-state index contributed by atoms with van der Waals surface area (Å²) >= 11 is 0. The van der Waals surface area contributed by atoms with Crippen LogP contribution >= 0.6 is 7.75 Å². The standard InChI is InChI=1S/C24H30N3O6P.C3H8O2/c1-16(2)31-24(28)17(3)27-34(29,33-18-7-5-4-6-8-18)30-15-19-9-10-22(32-19)20-11-13-25-23-21(20)12-14-26-23;1-3(2,4)5/h4-8,11-14,16-17,19,22H,9-10,15H2,1-3H3,(H,25,26)(H,27,29);4-5H,1-2H3/t17-,19?,22?,34-;/m0./s1. The van der Waals surface area contributed by atoms with Gasteiger partial charge in [0.05, 0.1) is 24.9 Å². The number of aromatic nitrogens is 2. The Morgan fingerprint density at radius 2 is 1.87 bits per heavy atom. The summed E-state index contributed by atoms with van der Waals surface area (Å²) < 4.78 is 36.5. The highest BCUT2D eigenvalue weighted by Gasteiger charge is 2.35. The molecule has 11 nitrogen and oxygen atoms in total. The third kappa shape index (κ3) is 10.0. The topological polar surface area (TPSA) is 152 Å². The van der Waals surface area contributed by atoms with Gasteiger partial charge in [0.2, 0.25) is 0 Å². The highest BCUT2D eigenvalue weighted by atomic mass is 31.2. The molecular formula is C27H38N3O8P. The lowest BCUT2D eigenvalue weighted by molar-refractivity contribution is -0.149. The summed E-state index contributed by atoms with van der Waals surface area (Å²) in [4.78, 5) is 19.7. The van der Waals surface area contributed by atoms with Crippen molar-refractivity contribution in [3.63, 3.8) is 0 Å². The van der Waals surface area contributed by atoms with Crippen molar-refractivity contribution in [2.45, 2.75) is 77.6 Å². The quantitative estimate of drug-likeness (QED) is 0.156. The van der Waals surface area contributed by atoms with Gasteiger partial charge in [-0.3, -0.25) is 9.32 Å². The molecule has 0 aliphatic carbocycles. The largest absolute Gasteiger partial charge is 0.462 e. The first-order chi connectivity index (χ1) is 18.3. The van der Waals surface area contributed by atoms with Crippen molar-refractivity contribution in [3.8, 4) is 5.75 Å². The van der Waals surface area contributed by atoms with E-state index in [9.17, 15) is 9.36 Å². The molecule has 1 aromatic carbocycles. The van der Waals surface area contributed by atoms with Crippen molar-refractivity contribution in [2.24, 2.45) is 0 Å². The predicted octanol–water partition coefficient (Wildman–Crippen LogP) is 4.62. The fourth-order valence-corrected chi connectivity index (χ4v) is 5.36. The number of rotatable bonds is 10. The molecule has 1 aliphatic heterocycles. The van der Waals surface area contributed by atoms with E-state index in [2.05, 4.69) is 15.1 Å². The number of carbonyl (C=O) groups excluding carboxylic acids is 1. The molecule has 2 aromatic heterocycles. The van der Waals surface area contributed by atoms with Gasteiger partial charge in [0, 0.05) is 17.8 Å². The van der Waals surface area contributed by atoms with Gasteiger partial charge >= 0.3 is 13.7 Å². The number of fused-ring (bicyclic) bond motifs is 1. The number of aliphatic hydroxyl groups is 2. The zero-order valence-corrected chi connectivity index (χ0v) is 23.8. The molecule has 3 aromatic rings. The van der Waals surface area contributed by atoms with Crippen LogP contribution in [0.15, 0.2) is 54.9 Å². The van der Waals surface area contributed by atoms with Crippen LogP contribution in [0, 0.1) is 0 Å². The number of aromatic amines is 1. The Kier molecular flexibility index (Phi) is 10.7. The van der Waals surface area contributed by atoms with Gasteiger partial charge in [0.1, 0.15) is 17.4 Å². The summed E-state index contributed by atoms with van der Waals surface area (Å²) in [5.41, 5.74) is 1.87. The average Bonchev–Trinajstić information content (AvgIpc) is 3.51. The normalized spacial score (nSPS) is 19.7. The van der Waals surface area contributed by atoms with Crippen LogP contribution in [0.2, 0.25) is 0 Å². The zero-order valence-electron chi connectivity index (χ0n) is 22.9. The van der Waals surface area contributed by atoms with Crippen LogP contribution in [0.4, 0.5) is 0 Å². The van der Waals surface area contributed by atoms with E-state index < -0.39 is 25.5 Å². The first kappa shape index (κ1) is 30.7. The summed E-state index contributed by atoms with van der Waals surface area (Å²) in [5.74, 6) is -1.68. The first-order valence-electron chi connectivity index (χ1n) is 12.8. The van der Waals surface area contributed by atoms with Gasteiger partial charge in [-0.1, -0.05) is 18.2 Å². The Hall–Kier alpha value is -2.79. The van der Waals surface area contributed by atoms with Crippen molar-refractivity contribution >= 4 is 24.7 Å². The van der Waals surface area contributed by atoms with E-state index >= 15 is 0 Å². The fraction of sp³-hybridized carbons (Fsp3) is 0.481. The number of hydrogen-bond donors (Lipinski definition) is 4. The van der Waals surface area contributed by atoms with E-state index in [0.29, 0.717) is 5.75 Å². The maximum absolute atomic E-state index is 13.6. The lowest BCUT2D eigenvalue weighted by Crippen LogP contribution is -2.36. The number of esters is 1. The Labute approximate surface area is 228 Å². The number of ether oxygens (including phenoxy) is 2. The second-order valence-electron chi connectivity index (χ2n) is 9.99. The molecule has 12 heteroatoms. The molecule has 1 saturated heterocycles. The number of pyridine rings is 1. The van der Waals surface area contributed by atoms with Gasteiger partial charge in [0.15, 0.2) is 5.79 Å². The predicted molar refractivity (Wildman–Crippen MR) is 146 cm³/mol. The van der Waals surface area contributed by atoms with Crippen LogP contribution in [0.3, 0.4) is 0 Å². The maximum atomic E-state index is 13.6. The SMILES string of the molecule is CC(C)(O)O.CC(C)OC(=O)[C@H](C)N[P@](=O)(OCC1CCC(c2ccnc3[nH]ccc23)O1)Oc1ccccc1. The molecule has 4 N–H and O–H groups in total. The highest BCUT2D eigenvalue weighted by Crippen LogP contribution is 2.46. The van der Waals surface area contributed by atoms with Crippen LogP contribution in [0.25, 0.3) is 11.0 Å². The molecule has 0 bridgehead atoms. The number of benzene rings is 1. The van der Waals surface area contributed by atoms with Gasteiger partial charge in [-0.15, -0.1) is 0 Å². The summed E-state index contributed by atoms with van der Waals surface area (Å²) in [7, 11) is -3.91. The Morgan fingerprint density at radius 1 is 1.18 bits per heavy atom. The second-order valence-corrected chi connectivity index (χ2v) is 11.7. The minimum atomic E-state index is -3.91. The average molecular weight is 564 g/mol. The fourth-order valence-electron chi connectivity index (χ4n) is 3.84. The van der Waals surface area contributed by atoms with Gasteiger partial charge in [-0.2, -0.15) is 5.09 Å². The third-order valence-corrected chi connectivity index (χ3v) is 7.05. The van der Waals surface area contributed by atoms with Crippen molar-refractivity contribution in [3.05, 3.63) is 60.4 Å². The molecule has 1 aliphatic rings. The Morgan fingerprint density at radius 3 is 2.54 bits per heavy atom. The molecule has 39 heavy (non-hydrogen) atoms. The number of nitrogens with one attached hydrogen (secondary N) is 2. The smallest absolute Gasteiger partial charge is 0.459 e. The number of nitrogens with zero attached hydrogens (tertiary/aromatic N) is 1. The minimum absolute atomic E-state index is 0.0426. The summed E-state index contributed by atoms with van der Waals surface area (Å²) in [6, 6.07) is 11.7. The van der Waals surface area contributed by atoms with Crippen LogP contribution < -0.4 is 9.61 Å². The Bertz CT molecular complexity index is 1240.